The van der Waals surface area contributed by atoms with Crippen LogP contribution in [0.5, 0.6) is 5.75 Å². The molecule has 1 saturated carbocycles. The molecule has 2 rings (SSSR count). The lowest BCUT2D eigenvalue weighted by Crippen LogP contribution is -2.20. The molecule has 0 aromatic heterocycles. The zero-order chi connectivity index (χ0) is 11.8. The van der Waals surface area contributed by atoms with Gasteiger partial charge in [0.2, 0.25) is 0 Å². The molecule has 0 heterocycles. The maximum absolute atomic E-state index is 9.68. The van der Waals surface area contributed by atoms with Crippen molar-refractivity contribution >= 4 is 0 Å². The number of rotatable bonds is 4. The second-order valence-corrected chi connectivity index (χ2v) is 5.23. The molecule has 0 bridgehead atoms. The second-order valence-electron chi connectivity index (χ2n) is 5.23. The van der Waals surface area contributed by atoms with Crippen molar-refractivity contribution in [2.45, 2.75) is 32.6 Å². The molecule has 0 amide bonds. The van der Waals surface area contributed by atoms with E-state index in [1.807, 2.05) is 25.1 Å². The van der Waals surface area contributed by atoms with Gasteiger partial charge in [-0.2, -0.15) is 0 Å². The summed E-state index contributed by atoms with van der Waals surface area (Å²) < 4.78 is 5.65. The quantitative estimate of drug-likeness (QED) is 0.845. The molecule has 88 valence electrons. The Kier molecular flexibility index (Phi) is 2.70. The zero-order valence-electron chi connectivity index (χ0n) is 10.3. The SMILES string of the molecule is CCOc1ccccc1C1(CO)CC1(C)C. The van der Waals surface area contributed by atoms with E-state index in [1.54, 1.807) is 0 Å². The molecule has 0 spiro atoms. The van der Waals surface area contributed by atoms with Crippen LogP contribution in [0.3, 0.4) is 0 Å². The molecule has 1 fully saturated rings. The van der Waals surface area contributed by atoms with E-state index in [9.17, 15) is 5.11 Å². The fraction of sp³-hybridized carbons (Fsp3) is 0.571. The second kappa shape index (κ2) is 3.77. The van der Waals surface area contributed by atoms with Crippen LogP contribution in [0.15, 0.2) is 24.3 Å². The van der Waals surface area contributed by atoms with Crippen LogP contribution in [-0.4, -0.2) is 18.3 Å². The number of hydrogen-bond donors (Lipinski definition) is 1. The Morgan fingerprint density at radius 1 is 1.31 bits per heavy atom. The monoisotopic (exact) mass is 220 g/mol. The first-order valence-corrected chi connectivity index (χ1v) is 5.90. The summed E-state index contributed by atoms with van der Waals surface area (Å²) in [6.07, 6.45) is 1.03. The molecule has 1 aliphatic rings. The van der Waals surface area contributed by atoms with Crippen molar-refractivity contribution in [3.8, 4) is 5.75 Å². The minimum Gasteiger partial charge on any atom is -0.494 e. The maximum atomic E-state index is 9.68. The number of aliphatic hydroxyl groups excluding tert-OH is 1. The molecule has 2 heteroatoms. The van der Waals surface area contributed by atoms with Crippen LogP contribution in [0, 0.1) is 5.41 Å². The molecule has 0 radical (unpaired) electrons. The molecule has 0 aliphatic heterocycles. The molecular formula is C14H20O2. The fourth-order valence-corrected chi connectivity index (χ4v) is 2.67. The maximum Gasteiger partial charge on any atom is 0.123 e. The van der Waals surface area contributed by atoms with E-state index in [0.717, 1.165) is 17.7 Å². The third-order valence-electron chi connectivity index (χ3n) is 3.89. The largest absolute Gasteiger partial charge is 0.494 e. The Labute approximate surface area is 97.3 Å². The van der Waals surface area contributed by atoms with Gasteiger partial charge in [-0.15, -0.1) is 0 Å². The molecule has 1 aliphatic carbocycles. The predicted molar refractivity (Wildman–Crippen MR) is 64.8 cm³/mol. The Balaban J connectivity index is 2.40. The van der Waals surface area contributed by atoms with Gasteiger partial charge in [0, 0.05) is 11.0 Å². The summed E-state index contributed by atoms with van der Waals surface area (Å²) in [7, 11) is 0. The minimum atomic E-state index is -0.0984. The van der Waals surface area contributed by atoms with Gasteiger partial charge < -0.3 is 9.84 Å². The molecule has 1 aromatic carbocycles. The van der Waals surface area contributed by atoms with E-state index in [4.69, 9.17) is 4.74 Å². The molecular weight excluding hydrogens is 200 g/mol. The highest BCUT2D eigenvalue weighted by molar-refractivity contribution is 5.46. The van der Waals surface area contributed by atoms with Crippen LogP contribution in [0.4, 0.5) is 0 Å². The van der Waals surface area contributed by atoms with Crippen molar-refractivity contribution < 1.29 is 9.84 Å². The predicted octanol–water partition coefficient (Wildman–Crippen LogP) is 2.75. The average Bonchev–Trinajstić information content (AvgIpc) is 2.83. The van der Waals surface area contributed by atoms with Gasteiger partial charge in [0.1, 0.15) is 5.75 Å². The first-order chi connectivity index (χ1) is 7.57. The zero-order valence-corrected chi connectivity index (χ0v) is 10.3. The van der Waals surface area contributed by atoms with Crippen molar-refractivity contribution in [3.05, 3.63) is 29.8 Å². The summed E-state index contributed by atoms with van der Waals surface area (Å²) in [6.45, 7) is 7.25. The summed E-state index contributed by atoms with van der Waals surface area (Å²) >= 11 is 0. The first kappa shape index (κ1) is 11.5. The summed E-state index contributed by atoms with van der Waals surface area (Å²) in [4.78, 5) is 0. The van der Waals surface area contributed by atoms with Crippen LogP contribution in [0.1, 0.15) is 32.8 Å². The molecule has 1 N–H and O–H groups in total. The van der Waals surface area contributed by atoms with E-state index in [1.165, 1.54) is 0 Å². The van der Waals surface area contributed by atoms with Crippen LogP contribution >= 0.6 is 0 Å². The first-order valence-electron chi connectivity index (χ1n) is 5.90. The van der Waals surface area contributed by atoms with E-state index in [2.05, 4.69) is 19.9 Å². The van der Waals surface area contributed by atoms with Gasteiger partial charge in [0.25, 0.3) is 0 Å². The Hall–Kier alpha value is -1.02. The van der Waals surface area contributed by atoms with Gasteiger partial charge in [-0.05, 0) is 24.8 Å². The number of para-hydroxylation sites is 1. The van der Waals surface area contributed by atoms with Gasteiger partial charge in [-0.3, -0.25) is 0 Å². The van der Waals surface area contributed by atoms with Crippen molar-refractivity contribution in [3.63, 3.8) is 0 Å². The minimum absolute atomic E-state index is 0.0984. The van der Waals surface area contributed by atoms with E-state index in [0.29, 0.717) is 6.61 Å². The fourth-order valence-electron chi connectivity index (χ4n) is 2.67. The summed E-state index contributed by atoms with van der Waals surface area (Å²) in [5.41, 5.74) is 1.23. The number of hydrogen-bond acceptors (Lipinski definition) is 2. The van der Waals surface area contributed by atoms with Gasteiger partial charge in [-0.25, -0.2) is 0 Å². The van der Waals surface area contributed by atoms with Crippen LogP contribution < -0.4 is 4.74 Å². The lowest BCUT2D eigenvalue weighted by Gasteiger charge is -2.21. The molecule has 16 heavy (non-hydrogen) atoms. The van der Waals surface area contributed by atoms with Crippen LogP contribution in [0.2, 0.25) is 0 Å². The summed E-state index contributed by atoms with van der Waals surface area (Å²) in [5, 5.41) is 9.68. The highest BCUT2D eigenvalue weighted by Crippen LogP contribution is 2.65. The third-order valence-corrected chi connectivity index (χ3v) is 3.89. The van der Waals surface area contributed by atoms with Crippen molar-refractivity contribution in [2.75, 3.05) is 13.2 Å². The molecule has 2 nitrogen and oxygen atoms in total. The standard InChI is InChI=1S/C14H20O2/c1-4-16-12-8-6-5-7-11(12)14(10-15)9-13(14,2)3/h5-8,15H,4,9-10H2,1-3H3. The van der Waals surface area contributed by atoms with E-state index >= 15 is 0 Å². The van der Waals surface area contributed by atoms with Crippen molar-refractivity contribution in [2.24, 2.45) is 5.41 Å². The van der Waals surface area contributed by atoms with Gasteiger partial charge in [0.05, 0.1) is 13.2 Å². The van der Waals surface area contributed by atoms with Crippen molar-refractivity contribution in [1.29, 1.82) is 0 Å². The normalized spacial score (nSPS) is 26.5. The molecule has 0 saturated heterocycles. The van der Waals surface area contributed by atoms with E-state index < -0.39 is 0 Å². The van der Waals surface area contributed by atoms with Crippen molar-refractivity contribution in [1.82, 2.24) is 0 Å². The van der Waals surface area contributed by atoms with Gasteiger partial charge in [0.15, 0.2) is 0 Å². The average molecular weight is 220 g/mol. The van der Waals surface area contributed by atoms with E-state index in [-0.39, 0.29) is 17.4 Å². The highest BCUT2D eigenvalue weighted by atomic mass is 16.5. The Bertz CT molecular complexity index is 384. The topological polar surface area (TPSA) is 29.5 Å². The van der Waals surface area contributed by atoms with Gasteiger partial charge in [-0.1, -0.05) is 32.0 Å². The molecule has 1 unspecified atom stereocenters. The lowest BCUT2D eigenvalue weighted by atomic mass is 9.88. The van der Waals surface area contributed by atoms with Crippen LogP contribution in [0.25, 0.3) is 0 Å². The Morgan fingerprint density at radius 3 is 2.44 bits per heavy atom. The smallest absolute Gasteiger partial charge is 0.123 e. The van der Waals surface area contributed by atoms with Gasteiger partial charge >= 0.3 is 0 Å². The third kappa shape index (κ3) is 1.52. The molecule has 1 aromatic rings. The number of ether oxygens (including phenoxy) is 1. The molecule has 1 atom stereocenters. The number of aliphatic hydroxyl groups is 1. The summed E-state index contributed by atoms with van der Waals surface area (Å²) in [6, 6.07) is 8.07. The number of benzene rings is 1. The Morgan fingerprint density at radius 2 is 1.94 bits per heavy atom. The lowest BCUT2D eigenvalue weighted by molar-refractivity contribution is 0.225. The van der Waals surface area contributed by atoms with Crippen LogP contribution in [-0.2, 0) is 5.41 Å². The summed E-state index contributed by atoms with van der Waals surface area (Å²) in [5.74, 6) is 0.921. The highest BCUT2D eigenvalue weighted by Gasteiger charge is 2.62.